The molecule has 146 valence electrons. The molecule has 1 heterocycles. The van der Waals surface area contributed by atoms with Crippen molar-refractivity contribution in [3.8, 4) is 0 Å². The molecule has 3 amide bonds. The molecule has 2 bridgehead atoms. The van der Waals surface area contributed by atoms with Crippen molar-refractivity contribution in [3.63, 3.8) is 0 Å². The van der Waals surface area contributed by atoms with E-state index >= 15 is 0 Å². The van der Waals surface area contributed by atoms with Gasteiger partial charge in [0.05, 0.1) is 5.41 Å². The van der Waals surface area contributed by atoms with E-state index in [2.05, 4.69) is 11.4 Å². The molecule has 3 rings (SSSR count). The van der Waals surface area contributed by atoms with Crippen molar-refractivity contribution < 1.29 is 14.4 Å². The van der Waals surface area contributed by atoms with E-state index in [-0.39, 0.29) is 35.5 Å². The fourth-order valence-electron chi connectivity index (χ4n) is 4.78. The number of piperidine rings is 1. The summed E-state index contributed by atoms with van der Waals surface area (Å²) >= 11 is 0. The molecule has 1 aromatic carbocycles. The summed E-state index contributed by atoms with van der Waals surface area (Å²) in [5, 5.41) is 2.91. The number of nitrogens with one attached hydrogen (secondary N) is 1. The number of amides is 3. The van der Waals surface area contributed by atoms with Crippen LogP contribution in [0.15, 0.2) is 18.2 Å². The van der Waals surface area contributed by atoms with E-state index in [0.29, 0.717) is 13.0 Å². The number of anilines is 1. The standard InChI is InChI=1S/C22H30N2O3/c1-14-11-15(2)13-16(12-14)23-18(25)7-6-10-24-19(26)17-8-9-22(5,20(24)27)21(17,3)4/h11-13,17H,6-10H2,1-5H3,(H,23,25). The van der Waals surface area contributed by atoms with Crippen LogP contribution in [0.5, 0.6) is 0 Å². The number of likely N-dealkylation sites (tertiary alicyclic amines) is 1. The van der Waals surface area contributed by atoms with E-state index in [1.54, 1.807) is 0 Å². The largest absolute Gasteiger partial charge is 0.326 e. The number of hydrogen-bond acceptors (Lipinski definition) is 3. The lowest BCUT2D eigenvalue weighted by atomic mass is 9.62. The third-order valence-corrected chi connectivity index (χ3v) is 6.80. The van der Waals surface area contributed by atoms with Crippen LogP contribution in [0, 0.1) is 30.6 Å². The first kappa shape index (κ1) is 19.6. The predicted molar refractivity (Wildman–Crippen MR) is 105 cm³/mol. The van der Waals surface area contributed by atoms with Crippen molar-refractivity contribution in [2.45, 2.75) is 60.3 Å². The Bertz CT molecular complexity index is 778. The second-order valence-electron chi connectivity index (χ2n) is 8.97. The number of carbonyl (C=O) groups is 3. The van der Waals surface area contributed by atoms with Gasteiger partial charge >= 0.3 is 0 Å². The van der Waals surface area contributed by atoms with Crippen molar-refractivity contribution in [1.82, 2.24) is 4.90 Å². The second kappa shape index (κ2) is 6.77. The highest BCUT2D eigenvalue weighted by molar-refractivity contribution is 6.03. The smallest absolute Gasteiger partial charge is 0.235 e. The Hall–Kier alpha value is -2.17. The maximum absolute atomic E-state index is 13.0. The fourth-order valence-corrected chi connectivity index (χ4v) is 4.78. The van der Waals surface area contributed by atoms with Gasteiger partial charge in [-0.25, -0.2) is 0 Å². The van der Waals surface area contributed by atoms with Gasteiger partial charge in [-0.2, -0.15) is 0 Å². The molecule has 5 heteroatoms. The number of hydrogen-bond donors (Lipinski definition) is 1. The quantitative estimate of drug-likeness (QED) is 0.801. The molecule has 2 unspecified atom stereocenters. The summed E-state index contributed by atoms with van der Waals surface area (Å²) in [6.45, 7) is 10.4. The van der Waals surface area contributed by atoms with Crippen LogP contribution in [0.3, 0.4) is 0 Å². The monoisotopic (exact) mass is 370 g/mol. The lowest BCUT2D eigenvalue weighted by Crippen LogP contribution is -2.59. The molecule has 2 fully saturated rings. The molecule has 0 radical (unpaired) electrons. The number of carbonyl (C=O) groups excluding carboxylic acids is 3. The molecule has 0 spiro atoms. The van der Waals surface area contributed by atoms with Gasteiger partial charge in [0.25, 0.3) is 0 Å². The fraction of sp³-hybridized carbons (Fsp3) is 0.591. The van der Waals surface area contributed by atoms with Crippen LogP contribution in [0.2, 0.25) is 0 Å². The maximum atomic E-state index is 13.0. The van der Waals surface area contributed by atoms with Crippen LogP contribution in [-0.4, -0.2) is 29.2 Å². The Kier molecular flexibility index (Phi) is 4.91. The minimum absolute atomic E-state index is 0.0605. The third kappa shape index (κ3) is 3.28. The van der Waals surface area contributed by atoms with Crippen molar-refractivity contribution in [2.24, 2.45) is 16.7 Å². The number of aryl methyl sites for hydroxylation is 2. The van der Waals surface area contributed by atoms with Crippen molar-refractivity contribution >= 4 is 23.4 Å². The summed E-state index contributed by atoms with van der Waals surface area (Å²) in [7, 11) is 0. The molecule has 5 nitrogen and oxygen atoms in total. The molecule has 27 heavy (non-hydrogen) atoms. The molecule has 0 aromatic heterocycles. The molecule has 2 atom stereocenters. The minimum atomic E-state index is -0.479. The molecule has 1 aliphatic heterocycles. The van der Waals surface area contributed by atoms with Gasteiger partial charge in [0, 0.05) is 24.6 Å². The summed E-state index contributed by atoms with van der Waals surface area (Å²) in [6, 6.07) is 5.92. The van der Waals surface area contributed by atoms with E-state index in [1.165, 1.54) is 4.90 Å². The first-order valence-electron chi connectivity index (χ1n) is 9.80. The van der Waals surface area contributed by atoms with E-state index < -0.39 is 5.41 Å². The predicted octanol–water partition coefficient (Wildman–Crippen LogP) is 3.83. The molecular weight excluding hydrogens is 340 g/mol. The van der Waals surface area contributed by atoms with Gasteiger partial charge in [-0.3, -0.25) is 19.3 Å². The van der Waals surface area contributed by atoms with E-state index in [4.69, 9.17) is 0 Å². The number of imide groups is 1. The van der Waals surface area contributed by atoms with Gasteiger partial charge in [0.15, 0.2) is 0 Å². The molecule has 2 aliphatic rings. The van der Waals surface area contributed by atoms with Crippen molar-refractivity contribution in [1.29, 1.82) is 0 Å². The lowest BCUT2D eigenvalue weighted by Gasteiger charge is -2.47. The van der Waals surface area contributed by atoms with E-state index in [1.807, 2.05) is 46.8 Å². The van der Waals surface area contributed by atoms with Crippen LogP contribution in [0.4, 0.5) is 5.69 Å². The highest BCUT2D eigenvalue weighted by atomic mass is 16.2. The normalized spacial score (nSPS) is 26.4. The van der Waals surface area contributed by atoms with Crippen LogP contribution < -0.4 is 5.32 Å². The average Bonchev–Trinajstić information content (AvgIpc) is 2.74. The number of fused-ring (bicyclic) bond motifs is 2. The first-order valence-corrected chi connectivity index (χ1v) is 9.80. The summed E-state index contributed by atoms with van der Waals surface area (Å²) in [5.41, 5.74) is 2.21. The summed E-state index contributed by atoms with van der Waals surface area (Å²) < 4.78 is 0. The summed E-state index contributed by atoms with van der Waals surface area (Å²) in [4.78, 5) is 39.4. The van der Waals surface area contributed by atoms with Gasteiger partial charge in [0.1, 0.15) is 0 Å². The van der Waals surface area contributed by atoms with E-state index in [9.17, 15) is 14.4 Å². The Morgan fingerprint density at radius 2 is 1.78 bits per heavy atom. The van der Waals surface area contributed by atoms with Crippen LogP contribution in [0.1, 0.15) is 57.6 Å². The molecule has 1 N–H and O–H groups in total. The Balaban J connectivity index is 1.58. The van der Waals surface area contributed by atoms with Gasteiger partial charge in [-0.1, -0.05) is 26.8 Å². The maximum Gasteiger partial charge on any atom is 0.235 e. The Morgan fingerprint density at radius 1 is 1.15 bits per heavy atom. The second-order valence-corrected chi connectivity index (χ2v) is 8.97. The van der Waals surface area contributed by atoms with Gasteiger partial charge in [-0.05, 0) is 61.8 Å². The molecule has 1 aliphatic carbocycles. The number of rotatable bonds is 5. The highest BCUT2D eigenvalue weighted by Crippen LogP contribution is 2.60. The molecule has 1 aromatic rings. The van der Waals surface area contributed by atoms with Crippen LogP contribution in [0.25, 0.3) is 0 Å². The Morgan fingerprint density at radius 3 is 2.41 bits per heavy atom. The Labute approximate surface area is 161 Å². The first-order chi connectivity index (χ1) is 12.6. The minimum Gasteiger partial charge on any atom is -0.326 e. The van der Waals surface area contributed by atoms with Crippen LogP contribution >= 0.6 is 0 Å². The zero-order valence-corrected chi connectivity index (χ0v) is 17.0. The van der Waals surface area contributed by atoms with Crippen molar-refractivity contribution in [2.75, 3.05) is 11.9 Å². The molecule has 1 saturated heterocycles. The van der Waals surface area contributed by atoms with Crippen LogP contribution in [-0.2, 0) is 14.4 Å². The van der Waals surface area contributed by atoms with Gasteiger partial charge in [0.2, 0.25) is 17.7 Å². The third-order valence-electron chi connectivity index (χ3n) is 6.80. The highest BCUT2D eigenvalue weighted by Gasteiger charge is 2.64. The van der Waals surface area contributed by atoms with Gasteiger partial charge < -0.3 is 5.32 Å². The topological polar surface area (TPSA) is 66.5 Å². The summed E-state index contributed by atoms with van der Waals surface area (Å²) in [6.07, 6.45) is 2.31. The molecule has 1 saturated carbocycles. The molecular formula is C22H30N2O3. The SMILES string of the molecule is Cc1cc(C)cc(NC(=O)CCCN2C(=O)C3CCC(C)(C2=O)C3(C)C)c1. The lowest BCUT2D eigenvalue weighted by molar-refractivity contribution is -0.168. The zero-order chi connectivity index (χ0) is 20.0. The van der Waals surface area contributed by atoms with Gasteiger partial charge in [-0.15, -0.1) is 0 Å². The number of benzene rings is 1. The summed E-state index contributed by atoms with van der Waals surface area (Å²) in [5.74, 6) is -0.314. The average molecular weight is 370 g/mol. The zero-order valence-electron chi connectivity index (χ0n) is 17.0. The van der Waals surface area contributed by atoms with E-state index in [0.717, 1.165) is 29.7 Å². The number of nitrogens with zero attached hydrogens (tertiary/aromatic N) is 1. The van der Waals surface area contributed by atoms with Crippen molar-refractivity contribution in [3.05, 3.63) is 29.3 Å².